The zero-order chi connectivity index (χ0) is 23.4. The number of nitro groups is 1. The zero-order valence-electron chi connectivity index (χ0n) is 19.6. The highest BCUT2D eigenvalue weighted by Crippen LogP contribution is 2.68. The Morgan fingerprint density at radius 2 is 1.85 bits per heavy atom. The van der Waals surface area contributed by atoms with E-state index in [0.717, 1.165) is 50.7 Å². The van der Waals surface area contributed by atoms with Gasteiger partial charge in [0.25, 0.3) is 5.69 Å². The molecule has 1 N–H and O–H groups in total. The fourth-order valence-electron chi connectivity index (χ4n) is 8.14. The van der Waals surface area contributed by atoms with Crippen LogP contribution in [-0.2, 0) is 0 Å². The molecule has 0 aliphatic heterocycles. The van der Waals surface area contributed by atoms with Crippen molar-refractivity contribution in [3.05, 3.63) is 34.4 Å². The zero-order valence-corrected chi connectivity index (χ0v) is 19.6. The van der Waals surface area contributed by atoms with Crippen LogP contribution in [0.25, 0.3) is 0 Å². The number of nitrogens with zero attached hydrogens (tertiary/aromatic N) is 2. The van der Waals surface area contributed by atoms with Crippen molar-refractivity contribution >= 4 is 11.4 Å². The monoisotopic (exact) mass is 450 g/mol. The number of terminal acetylenes is 1. The summed E-state index contributed by atoms with van der Waals surface area (Å²) in [5.41, 5.74) is 0.353. The van der Waals surface area contributed by atoms with Crippen LogP contribution in [0.15, 0.2) is 29.4 Å². The second kappa shape index (κ2) is 7.84. The molecule has 0 bridgehead atoms. The largest absolute Gasteiger partial charge is 0.377 e. The van der Waals surface area contributed by atoms with Crippen molar-refractivity contribution in [1.29, 1.82) is 0 Å². The maximum Gasteiger partial charge on any atom is 0.269 e. The maximum atomic E-state index is 11.2. The van der Waals surface area contributed by atoms with Gasteiger partial charge in [-0.05, 0) is 99.0 Å². The maximum absolute atomic E-state index is 11.2. The number of benzene rings is 1. The number of nitro benzene ring substituents is 1. The molecule has 5 rings (SSSR count). The Labute approximate surface area is 195 Å². The molecule has 0 saturated heterocycles. The summed E-state index contributed by atoms with van der Waals surface area (Å²) >= 11 is 0. The Morgan fingerprint density at radius 1 is 1.12 bits per heavy atom. The SMILES string of the molecule is C#CC1(O)CC[C@H]2[C@@H]3CC[C@H]4C/C(=N\Oc5ccc([N+](=O)[O-])cc5)CC[C@]4(C)[C@H]3CC[C@@]21C. The van der Waals surface area contributed by atoms with Gasteiger partial charge < -0.3 is 9.94 Å². The minimum atomic E-state index is -0.942. The molecule has 4 aliphatic rings. The molecule has 7 atom stereocenters. The Hall–Kier alpha value is -2.39. The average molecular weight is 451 g/mol. The summed E-state index contributed by atoms with van der Waals surface area (Å²) in [6, 6.07) is 6.07. The van der Waals surface area contributed by atoms with Crippen LogP contribution < -0.4 is 4.84 Å². The molecule has 4 saturated carbocycles. The van der Waals surface area contributed by atoms with E-state index in [0.29, 0.717) is 34.8 Å². The summed E-state index contributed by atoms with van der Waals surface area (Å²) in [7, 11) is 0. The van der Waals surface area contributed by atoms with Crippen LogP contribution in [0, 0.1) is 57.0 Å². The molecule has 33 heavy (non-hydrogen) atoms. The fourth-order valence-corrected chi connectivity index (χ4v) is 8.14. The molecule has 0 heterocycles. The molecule has 176 valence electrons. The normalized spacial score (nSPS) is 43.2. The highest BCUT2D eigenvalue weighted by molar-refractivity contribution is 5.85. The minimum Gasteiger partial charge on any atom is -0.377 e. The van der Waals surface area contributed by atoms with Gasteiger partial charge in [-0.1, -0.05) is 24.9 Å². The molecular weight excluding hydrogens is 416 g/mol. The molecule has 0 spiro atoms. The Kier molecular flexibility index (Phi) is 5.32. The van der Waals surface area contributed by atoms with Gasteiger partial charge in [0, 0.05) is 17.5 Å². The van der Waals surface area contributed by atoms with Gasteiger partial charge in [-0.3, -0.25) is 10.1 Å². The van der Waals surface area contributed by atoms with Crippen LogP contribution in [0.1, 0.15) is 71.6 Å². The minimum absolute atomic E-state index is 0.0479. The van der Waals surface area contributed by atoms with Crippen molar-refractivity contribution in [2.45, 2.75) is 77.2 Å². The van der Waals surface area contributed by atoms with Gasteiger partial charge in [0.2, 0.25) is 0 Å². The summed E-state index contributed by atoms with van der Waals surface area (Å²) in [4.78, 5) is 16.0. The molecule has 1 aromatic carbocycles. The standard InChI is InChI=1S/C27H34N2O4/c1-4-27(30)16-13-24-22-10-5-18-17-19(28-33-21-8-6-20(7-9-21)29(31)32)11-14-25(18,2)23(22)12-15-26(24,27)3/h1,6-9,18,22-24,30H,5,10-17H2,2-3H3/b28-19-/t18-,22+,23-,24-,25-,26-,27?/m0/s1. The Morgan fingerprint density at radius 3 is 2.55 bits per heavy atom. The third-order valence-corrected chi connectivity index (χ3v) is 10.2. The second-order valence-electron chi connectivity index (χ2n) is 11.4. The van der Waals surface area contributed by atoms with E-state index in [1.165, 1.54) is 25.0 Å². The first-order valence-electron chi connectivity index (χ1n) is 12.4. The molecule has 4 aliphatic carbocycles. The van der Waals surface area contributed by atoms with E-state index in [4.69, 9.17) is 11.3 Å². The van der Waals surface area contributed by atoms with Gasteiger partial charge >= 0.3 is 0 Å². The first-order valence-corrected chi connectivity index (χ1v) is 12.4. The molecule has 0 radical (unpaired) electrons. The average Bonchev–Trinajstić information content (AvgIpc) is 3.09. The van der Waals surface area contributed by atoms with Gasteiger partial charge in [-0.15, -0.1) is 6.42 Å². The summed E-state index contributed by atoms with van der Waals surface area (Å²) in [5, 5.41) is 26.4. The third kappa shape index (κ3) is 3.39. The predicted octanol–water partition coefficient (Wildman–Crippen LogP) is 5.74. The van der Waals surface area contributed by atoms with E-state index >= 15 is 0 Å². The van der Waals surface area contributed by atoms with Gasteiger partial charge in [0.1, 0.15) is 5.60 Å². The number of aliphatic hydroxyl groups is 1. The quantitative estimate of drug-likeness (QED) is 0.362. The van der Waals surface area contributed by atoms with Crippen LogP contribution in [0.4, 0.5) is 5.69 Å². The van der Waals surface area contributed by atoms with Crippen molar-refractivity contribution < 1.29 is 14.9 Å². The van der Waals surface area contributed by atoms with Gasteiger partial charge in [-0.2, -0.15) is 0 Å². The van der Waals surface area contributed by atoms with Crippen LogP contribution in [0.2, 0.25) is 0 Å². The van der Waals surface area contributed by atoms with E-state index < -0.39 is 10.5 Å². The Bertz CT molecular complexity index is 1010. The van der Waals surface area contributed by atoms with E-state index in [2.05, 4.69) is 24.9 Å². The van der Waals surface area contributed by atoms with Crippen molar-refractivity contribution in [3.63, 3.8) is 0 Å². The number of oxime groups is 1. The van der Waals surface area contributed by atoms with E-state index in [1.807, 2.05) is 0 Å². The first-order chi connectivity index (χ1) is 15.7. The van der Waals surface area contributed by atoms with E-state index in [-0.39, 0.29) is 11.1 Å². The summed E-state index contributed by atoms with van der Waals surface area (Å²) in [6.45, 7) is 4.74. The smallest absolute Gasteiger partial charge is 0.269 e. The fraction of sp³-hybridized carbons (Fsp3) is 0.667. The van der Waals surface area contributed by atoms with Crippen molar-refractivity contribution in [2.24, 2.45) is 39.7 Å². The molecule has 1 aromatic rings. The lowest BCUT2D eigenvalue weighted by atomic mass is 9.44. The molecular formula is C27H34N2O4. The summed E-state index contributed by atoms with van der Waals surface area (Å²) < 4.78 is 0. The van der Waals surface area contributed by atoms with Gasteiger partial charge in [0.15, 0.2) is 5.75 Å². The molecule has 0 amide bonds. The molecule has 1 unspecified atom stereocenters. The predicted molar refractivity (Wildman–Crippen MR) is 127 cm³/mol. The van der Waals surface area contributed by atoms with Gasteiger partial charge in [-0.25, -0.2) is 0 Å². The van der Waals surface area contributed by atoms with Gasteiger partial charge in [0.05, 0.1) is 10.6 Å². The number of fused-ring (bicyclic) bond motifs is 5. The Balaban J connectivity index is 1.28. The third-order valence-electron chi connectivity index (χ3n) is 10.2. The second-order valence-corrected chi connectivity index (χ2v) is 11.4. The first kappa shape index (κ1) is 22.4. The summed E-state index contributed by atoms with van der Waals surface area (Å²) in [5.74, 6) is 5.77. The van der Waals surface area contributed by atoms with E-state index in [9.17, 15) is 15.2 Å². The van der Waals surface area contributed by atoms with Crippen LogP contribution in [0.3, 0.4) is 0 Å². The number of non-ortho nitro benzene ring substituents is 1. The van der Waals surface area contributed by atoms with Crippen LogP contribution >= 0.6 is 0 Å². The number of hydrogen-bond acceptors (Lipinski definition) is 5. The number of rotatable bonds is 3. The highest BCUT2D eigenvalue weighted by atomic mass is 16.6. The molecule has 4 fully saturated rings. The van der Waals surface area contributed by atoms with Crippen molar-refractivity contribution in [1.82, 2.24) is 0 Å². The molecule has 0 aromatic heterocycles. The lowest BCUT2D eigenvalue weighted by Gasteiger charge is -2.60. The topological polar surface area (TPSA) is 85.0 Å². The van der Waals surface area contributed by atoms with Crippen LogP contribution in [0.5, 0.6) is 5.75 Å². The highest BCUT2D eigenvalue weighted by Gasteiger charge is 2.64. The number of hydrogen-bond donors (Lipinski definition) is 1. The van der Waals surface area contributed by atoms with Crippen molar-refractivity contribution in [2.75, 3.05) is 0 Å². The van der Waals surface area contributed by atoms with E-state index in [1.54, 1.807) is 12.1 Å². The lowest BCUT2D eigenvalue weighted by Crippen LogP contribution is -2.56. The molecule has 6 heteroatoms. The van der Waals surface area contributed by atoms with Crippen molar-refractivity contribution in [3.8, 4) is 18.1 Å². The summed E-state index contributed by atoms with van der Waals surface area (Å²) in [6.07, 6.45) is 15.2. The lowest BCUT2D eigenvalue weighted by molar-refractivity contribution is -0.384. The molecule has 6 nitrogen and oxygen atoms in total. The van der Waals surface area contributed by atoms with Crippen LogP contribution in [-0.4, -0.2) is 21.3 Å².